The number of carbonyl (C=O) groups is 3. The molecule has 0 aliphatic carbocycles. The molecule has 4 N–H and O–H groups in total. The molecule has 7 heteroatoms. The average molecular weight is 327 g/mol. The summed E-state index contributed by atoms with van der Waals surface area (Å²) in [6.07, 6.45) is -0.395. The number of hydroxylamine groups is 1. The van der Waals surface area contributed by atoms with Crippen molar-refractivity contribution in [3.05, 3.63) is 66.2 Å². The molecule has 2 aromatic rings. The fraction of sp³-hybridized carbons (Fsp3) is 0.118. The van der Waals surface area contributed by atoms with E-state index in [0.717, 1.165) is 0 Å². The van der Waals surface area contributed by atoms with E-state index in [1.54, 1.807) is 60.7 Å². The first-order valence-electron chi connectivity index (χ1n) is 7.25. The predicted octanol–water partition coefficient (Wildman–Crippen LogP) is 1.32. The number of anilines is 1. The van der Waals surface area contributed by atoms with Crippen molar-refractivity contribution in [2.45, 2.75) is 12.5 Å². The van der Waals surface area contributed by atoms with Crippen molar-refractivity contribution in [3.8, 4) is 0 Å². The zero-order valence-corrected chi connectivity index (χ0v) is 12.7. The lowest BCUT2D eigenvalue weighted by Gasteiger charge is -2.17. The van der Waals surface area contributed by atoms with Gasteiger partial charge >= 0.3 is 0 Å². The highest BCUT2D eigenvalue weighted by Gasteiger charge is 2.24. The van der Waals surface area contributed by atoms with E-state index in [0.29, 0.717) is 11.3 Å². The van der Waals surface area contributed by atoms with Gasteiger partial charge in [0.05, 0.1) is 6.42 Å². The van der Waals surface area contributed by atoms with Crippen LogP contribution in [-0.2, 0) is 9.59 Å². The minimum Gasteiger partial charge on any atom is -0.340 e. The van der Waals surface area contributed by atoms with Gasteiger partial charge in [0.2, 0.25) is 11.8 Å². The van der Waals surface area contributed by atoms with Gasteiger partial charge in [-0.2, -0.15) is 0 Å². The van der Waals surface area contributed by atoms with Gasteiger partial charge in [-0.15, -0.1) is 0 Å². The Morgan fingerprint density at radius 3 is 2.08 bits per heavy atom. The van der Waals surface area contributed by atoms with Crippen molar-refractivity contribution in [1.29, 1.82) is 0 Å². The van der Waals surface area contributed by atoms with E-state index in [2.05, 4.69) is 10.6 Å². The molecule has 2 rings (SSSR count). The zero-order valence-electron chi connectivity index (χ0n) is 12.7. The minimum absolute atomic E-state index is 0.361. The van der Waals surface area contributed by atoms with Crippen molar-refractivity contribution in [1.82, 2.24) is 10.8 Å². The molecule has 0 aliphatic rings. The van der Waals surface area contributed by atoms with Gasteiger partial charge in [0, 0.05) is 11.3 Å². The molecule has 0 radical (unpaired) electrons. The van der Waals surface area contributed by atoms with E-state index < -0.39 is 30.2 Å². The normalized spacial score (nSPS) is 11.2. The second-order valence-corrected chi connectivity index (χ2v) is 4.99. The Labute approximate surface area is 138 Å². The highest BCUT2D eigenvalue weighted by atomic mass is 16.5. The lowest BCUT2D eigenvalue weighted by atomic mass is 10.1. The first-order valence-corrected chi connectivity index (χ1v) is 7.25. The van der Waals surface area contributed by atoms with Crippen molar-refractivity contribution >= 4 is 23.4 Å². The number of hydrogen-bond donors (Lipinski definition) is 4. The van der Waals surface area contributed by atoms with Crippen LogP contribution in [0.3, 0.4) is 0 Å². The van der Waals surface area contributed by atoms with Crippen LogP contribution in [0.1, 0.15) is 16.8 Å². The molecule has 1 atom stereocenters. The molecule has 0 heterocycles. The monoisotopic (exact) mass is 327 g/mol. The van der Waals surface area contributed by atoms with Crippen LogP contribution in [-0.4, -0.2) is 29.0 Å². The van der Waals surface area contributed by atoms with E-state index >= 15 is 0 Å². The van der Waals surface area contributed by atoms with Crippen LogP contribution in [0.2, 0.25) is 0 Å². The van der Waals surface area contributed by atoms with Gasteiger partial charge in [-0.05, 0) is 24.3 Å². The summed E-state index contributed by atoms with van der Waals surface area (Å²) in [5.74, 6) is -1.83. The summed E-state index contributed by atoms with van der Waals surface area (Å²) in [5, 5.41) is 13.8. The molecular weight excluding hydrogens is 310 g/mol. The number of rotatable bonds is 6. The highest BCUT2D eigenvalue weighted by Crippen LogP contribution is 2.08. The van der Waals surface area contributed by atoms with Gasteiger partial charge in [0.1, 0.15) is 6.04 Å². The second kappa shape index (κ2) is 8.44. The standard InChI is InChI=1S/C17H17N3O4/c21-15(20-24)11-14(17(23)18-13-9-5-2-6-10-13)19-16(22)12-7-3-1-4-8-12/h1-10,14,24H,11H2,(H,18,23)(H,19,22)(H,20,21). The molecule has 124 valence electrons. The molecule has 0 spiro atoms. The SMILES string of the molecule is O=C(CC(NC(=O)c1ccccc1)C(=O)Nc1ccccc1)NO. The number of amides is 3. The van der Waals surface area contributed by atoms with Crippen molar-refractivity contribution in [2.75, 3.05) is 5.32 Å². The summed E-state index contributed by atoms with van der Waals surface area (Å²) in [5.41, 5.74) is 2.35. The van der Waals surface area contributed by atoms with Crippen molar-refractivity contribution in [3.63, 3.8) is 0 Å². The molecule has 3 amide bonds. The maximum atomic E-state index is 12.3. The van der Waals surface area contributed by atoms with Gasteiger partial charge < -0.3 is 10.6 Å². The fourth-order valence-electron chi connectivity index (χ4n) is 2.02. The summed E-state index contributed by atoms with van der Waals surface area (Å²) in [7, 11) is 0. The molecule has 0 aliphatic heterocycles. The van der Waals surface area contributed by atoms with Crippen LogP contribution >= 0.6 is 0 Å². The number of hydrogen-bond acceptors (Lipinski definition) is 4. The third-order valence-electron chi connectivity index (χ3n) is 3.21. The summed E-state index contributed by atoms with van der Waals surface area (Å²) in [6, 6.07) is 15.8. The molecule has 0 bridgehead atoms. The highest BCUT2D eigenvalue weighted by molar-refractivity contribution is 6.02. The Kier molecular flexibility index (Phi) is 6.04. The maximum absolute atomic E-state index is 12.3. The van der Waals surface area contributed by atoms with Crippen molar-refractivity contribution < 1.29 is 19.6 Å². The number of carbonyl (C=O) groups excluding carboxylic acids is 3. The Morgan fingerprint density at radius 1 is 0.917 bits per heavy atom. The summed E-state index contributed by atoms with van der Waals surface area (Å²) >= 11 is 0. The maximum Gasteiger partial charge on any atom is 0.251 e. The predicted molar refractivity (Wildman–Crippen MR) is 87.3 cm³/mol. The van der Waals surface area contributed by atoms with Gasteiger partial charge in [-0.1, -0.05) is 36.4 Å². The molecule has 0 fully saturated rings. The van der Waals surface area contributed by atoms with Crippen LogP contribution in [0.5, 0.6) is 0 Å². The quantitative estimate of drug-likeness (QED) is 0.474. The zero-order chi connectivity index (χ0) is 17.4. The van der Waals surface area contributed by atoms with Crippen LogP contribution < -0.4 is 16.1 Å². The number of benzene rings is 2. The first kappa shape index (κ1) is 17.2. The molecule has 0 saturated heterocycles. The summed E-state index contributed by atoms with van der Waals surface area (Å²) in [4.78, 5) is 35.9. The molecule has 1 unspecified atom stereocenters. The Bertz CT molecular complexity index is 704. The Hall–Kier alpha value is -3.19. The van der Waals surface area contributed by atoms with E-state index in [4.69, 9.17) is 5.21 Å². The topological polar surface area (TPSA) is 108 Å². The first-order chi connectivity index (χ1) is 11.6. The Morgan fingerprint density at radius 2 is 1.50 bits per heavy atom. The minimum atomic E-state index is -1.13. The molecule has 0 aromatic heterocycles. The van der Waals surface area contributed by atoms with E-state index in [9.17, 15) is 14.4 Å². The average Bonchev–Trinajstić information content (AvgIpc) is 2.62. The van der Waals surface area contributed by atoms with E-state index in [1.165, 1.54) is 5.48 Å². The second-order valence-electron chi connectivity index (χ2n) is 4.99. The summed E-state index contributed by atoms with van der Waals surface area (Å²) in [6.45, 7) is 0. The number of para-hydroxylation sites is 1. The van der Waals surface area contributed by atoms with Gasteiger partial charge in [-0.3, -0.25) is 19.6 Å². The van der Waals surface area contributed by atoms with Gasteiger partial charge in [0.25, 0.3) is 5.91 Å². The van der Waals surface area contributed by atoms with Crippen LogP contribution in [0, 0.1) is 0 Å². The lowest BCUT2D eigenvalue weighted by molar-refractivity contribution is -0.131. The van der Waals surface area contributed by atoms with Crippen LogP contribution in [0.15, 0.2) is 60.7 Å². The van der Waals surface area contributed by atoms with Crippen LogP contribution in [0.4, 0.5) is 5.69 Å². The third kappa shape index (κ3) is 4.92. The van der Waals surface area contributed by atoms with Gasteiger partial charge in [-0.25, -0.2) is 5.48 Å². The van der Waals surface area contributed by atoms with E-state index in [1.807, 2.05) is 0 Å². The van der Waals surface area contributed by atoms with Crippen molar-refractivity contribution in [2.24, 2.45) is 0 Å². The third-order valence-corrected chi connectivity index (χ3v) is 3.21. The largest absolute Gasteiger partial charge is 0.340 e. The molecule has 0 saturated carbocycles. The lowest BCUT2D eigenvalue weighted by Crippen LogP contribution is -2.46. The Balaban J connectivity index is 2.10. The smallest absolute Gasteiger partial charge is 0.251 e. The molecule has 7 nitrogen and oxygen atoms in total. The molecular formula is C17H17N3O4. The van der Waals surface area contributed by atoms with Crippen LogP contribution in [0.25, 0.3) is 0 Å². The molecule has 24 heavy (non-hydrogen) atoms. The fourth-order valence-corrected chi connectivity index (χ4v) is 2.02. The number of nitrogens with one attached hydrogen (secondary N) is 3. The van der Waals surface area contributed by atoms with E-state index in [-0.39, 0.29) is 0 Å². The van der Waals surface area contributed by atoms with Gasteiger partial charge in [0.15, 0.2) is 0 Å². The molecule has 2 aromatic carbocycles. The summed E-state index contributed by atoms with van der Waals surface area (Å²) < 4.78 is 0.